The molecule has 1 heterocycles. The van der Waals surface area contributed by atoms with Crippen molar-refractivity contribution < 1.29 is 14.3 Å². The molecule has 6 heteroatoms. The predicted molar refractivity (Wildman–Crippen MR) is 103 cm³/mol. The van der Waals surface area contributed by atoms with Crippen LogP contribution in [0.5, 0.6) is 0 Å². The molecule has 0 aliphatic heterocycles. The Labute approximate surface area is 157 Å². The zero-order chi connectivity index (χ0) is 18.5. The monoisotopic (exact) mass is 372 g/mol. The van der Waals surface area contributed by atoms with Crippen molar-refractivity contribution in [2.75, 3.05) is 6.54 Å². The molecule has 0 radical (unpaired) electrons. The Kier molecular flexibility index (Phi) is 6.04. The van der Waals surface area contributed by atoms with Crippen LogP contribution in [0.1, 0.15) is 43.5 Å². The Hall–Kier alpha value is -2.21. The molecule has 2 aromatic rings. The number of nitrogens with zero attached hydrogens (tertiary/aromatic N) is 1. The van der Waals surface area contributed by atoms with Gasteiger partial charge < -0.3 is 10.1 Å². The molecule has 1 aliphatic carbocycles. The van der Waals surface area contributed by atoms with Crippen molar-refractivity contribution >= 4 is 33.4 Å². The number of hydrogen-bond acceptors (Lipinski definition) is 5. The van der Waals surface area contributed by atoms with Crippen LogP contribution in [-0.4, -0.2) is 29.5 Å². The van der Waals surface area contributed by atoms with E-state index in [2.05, 4.69) is 18.0 Å². The van der Waals surface area contributed by atoms with E-state index in [-0.39, 0.29) is 23.7 Å². The largest absolute Gasteiger partial charge is 0.452 e. The van der Waals surface area contributed by atoms with Gasteiger partial charge in [0.15, 0.2) is 6.10 Å². The molecule has 138 valence electrons. The number of carbonyl (C=O) groups is 2. The first-order valence-corrected chi connectivity index (χ1v) is 9.86. The Morgan fingerprint density at radius 2 is 2.15 bits per heavy atom. The summed E-state index contributed by atoms with van der Waals surface area (Å²) in [4.78, 5) is 29.4. The highest BCUT2D eigenvalue weighted by Gasteiger charge is 2.36. The fourth-order valence-corrected chi connectivity index (χ4v) is 4.56. The predicted octanol–water partition coefficient (Wildman–Crippen LogP) is 3.80. The highest BCUT2D eigenvalue weighted by molar-refractivity contribution is 7.18. The average molecular weight is 372 g/mol. The molecular weight excluding hydrogens is 348 g/mol. The summed E-state index contributed by atoms with van der Waals surface area (Å²) < 4.78 is 6.60. The third-order valence-electron chi connectivity index (χ3n) is 4.78. The lowest BCUT2D eigenvalue weighted by Crippen LogP contribution is -2.38. The molecule has 1 saturated carbocycles. The Bertz CT molecular complexity index is 768. The van der Waals surface area contributed by atoms with Crippen LogP contribution in [0, 0.1) is 5.92 Å². The van der Waals surface area contributed by atoms with Gasteiger partial charge in [0.05, 0.1) is 21.1 Å². The second-order valence-electron chi connectivity index (χ2n) is 6.63. The molecule has 0 unspecified atom stereocenters. The van der Waals surface area contributed by atoms with Gasteiger partial charge in [-0.3, -0.25) is 9.59 Å². The van der Waals surface area contributed by atoms with Gasteiger partial charge in [0.2, 0.25) is 0 Å². The van der Waals surface area contributed by atoms with Crippen LogP contribution < -0.4 is 5.32 Å². The maximum absolute atomic E-state index is 12.7. The number of hydrogen-bond donors (Lipinski definition) is 1. The number of para-hydroxylation sites is 1. The van der Waals surface area contributed by atoms with Crippen molar-refractivity contribution in [3.05, 3.63) is 41.9 Å². The number of fused-ring (bicyclic) bond motifs is 1. The summed E-state index contributed by atoms with van der Waals surface area (Å²) in [6.45, 7) is 5.52. The molecule has 0 saturated heterocycles. The number of benzene rings is 1. The minimum Gasteiger partial charge on any atom is -0.452 e. The molecule has 5 nitrogen and oxygen atoms in total. The van der Waals surface area contributed by atoms with E-state index in [1.165, 1.54) is 0 Å². The van der Waals surface area contributed by atoms with Gasteiger partial charge in [0.25, 0.3) is 5.91 Å². The summed E-state index contributed by atoms with van der Waals surface area (Å²) >= 11 is 1.65. The topological polar surface area (TPSA) is 68.3 Å². The smallest absolute Gasteiger partial charge is 0.310 e. The van der Waals surface area contributed by atoms with Crippen molar-refractivity contribution in [1.82, 2.24) is 10.3 Å². The molecule has 26 heavy (non-hydrogen) atoms. The number of aromatic nitrogens is 1. The third-order valence-corrected chi connectivity index (χ3v) is 5.95. The van der Waals surface area contributed by atoms with E-state index in [0.29, 0.717) is 6.54 Å². The molecule has 0 bridgehead atoms. The summed E-state index contributed by atoms with van der Waals surface area (Å²) in [5.41, 5.74) is 0.974. The summed E-state index contributed by atoms with van der Waals surface area (Å²) in [5, 5.41) is 3.65. The molecule has 1 fully saturated rings. The van der Waals surface area contributed by atoms with Gasteiger partial charge in [-0.25, -0.2) is 4.98 Å². The molecule has 1 aliphatic rings. The van der Waals surface area contributed by atoms with Gasteiger partial charge in [0, 0.05) is 12.5 Å². The van der Waals surface area contributed by atoms with Crippen LogP contribution in [-0.2, 0) is 14.3 Å². The SMILES string of the molecule is C=CCNC(=O)[C@@H](C)OC(=O)[C@@H]1CCCC[C@@H]1c1nc2ccccc2s1. The second-order valence-corrected chi connectivity index (χ2v) is 7.69. The van der Waals surface area contributed by atoms with Crippen LogP contribution in [0.15, 0.2) is 36.9 Å². The molecule has 3 atom stereocenters. The van der Waals surface area contributed by atoms with Gasteiger partial charge in [-0.15, -0.1) is 17.9 Å². The molecule has 3 rings (SSSR count). The lowest BCUT2D eigenvalue weighted by atomic mass is 9.79. The van der Waals surface area contributed by atoms with Crippen molar-refractivity contribution in [2.24, 2.45) is 5.92 Å². The van der Waals surface area contributed by atoms with E-state index in [4.69, 9.17) is 9.72 Å². The van der Waals surface area contributed by atoms with Gasteiger partial charge in [0.1, 0.15) is 0 Å². The van der Waals surface area contributed by atoms with E-state index < -0.39 is 6.10 Å². The number of rotatable bonds is 6. The van der Waals surface area contributed by atoms with Crippen molar-refractivity contribution in [3.63, 3.8) is 0 Å². The van der Waals surface area contributed by atoms with Gasteiger partial charge in [-0.2, -0.15) is 0 Å². The van der Waals surface area contributed by atoms with Crippen molar-refractivity contribution in [3.8, 4) is 0 Å². The molecule has 1 N–H and O–H groups in total. The van der Waals surface area contributed by atoms with Gasteiger partial charge >= 0.3 is 5.97 Å². The van der Waals surface area contributed by atoms with E-state index in [0.717, 1.165) is 40.9 Å². The van der Waals surface area contributed by atoms with E-state index in [9.17, 15) is 9.59 Å². The van der Waals surface area contributed by atoms with Gasteiger partial charge in [-0.05, 0) is 31.9 Å². The molecular formula is C20H24N2O3S. The summed E-state index contributed by atoms with van der Waals surface area (Å²) in [6, 6.07) is 8.03. The van der Waals surface area contributed by atoms with Crippen LogP contribution in [0.3, 0.4) is 0 Å². The molecule has 1 aromatic carbocycles. The molecule has 1 aromatic heterocycles. The first-order chi connectivity index (χ1) is 12.6. The second kappa shape index (κ2) is 8.45. The lowest BCUT2D eigenvalue weighted by molar-refractivity contribution is -0.160. The Morgan fingerprint density at radius 1 is 1.38 bits per heavy atom. The summed E-state index contributed by atoms with van der Waals surface area (Å²) in [6.07, 6.45) is 4.58. The van der Waals surface area contributed by atoms with Crippen LogP contribution in [0.25, 0.3) is 10.2 Å². The number of esters is 1. The average Bonchev–Trinajstić information content (AvgIpc) is 3.10. The fraction of sp³-hybridized carbons (Fsp3) is 0.450. The van der Waals surface area contributed by atoms with Crippen LogP contribution in [0.4, 0.5) is 0 Å². The molecule has 1 amide bonds. The number of carbonyl (C=O) groups excluding carboxylic acids is 2. The fourth-order valence-electron chi connectivity index (χ4n) is 3.39. The van der Waals surface area contributed by atoms with Crippen molar-refractivity contribution in [1.29, 1.82) is 0 Å². The first kappa shape index (κ1) is 18.6. The highest BCUT2D eigenvalue weighted by atomic mass is 32.1. The summed E-state index contributed by atoms with van der Waals surface area (Å²) in [5.74, 6) is -0.767. The van der Waals surface area contributed by atoms with Crippen molar-refractivity contribution in [2.45, 2.75) is 44.6 Å². The minimum atomic E-state index is -0.805. The van der Waals surface area contributed by atoms with Crippen LogP contribution in [0.2, 0.25) is 0 Å². The quantitative estimate of drug-likeness (QED) is 0.618. The standard InChI is InChI=1S/C20H24N2O3S/c1-3-12-21-18(23)13(2)25-20(24)15-9-5-4-8-14(15)19-22-16-10-6-7-11-17(16)26-19/h3,6-7,10-11,13-15H,1,4-5,8-9,12H2,2H3,(H,21,23)/t13-,14+,15-/m1/s1. The maximum Gasteiger partial charge on any atom is 0.310 e. The zero-order valence-corrected chi connectivity index (χ0v) is 15.8. The number of thiazole rings is 1. The normalized spacial score (nSPS) is 21.1. The number of ether oxygens (including phenoxy) is 1. The lowest BCUT2D eigenvalue weighted by Gasteiger charge is -2.29. The van der Waals surface area contributed by atoms with E-state index in [1.54, 1.807) is 24.3 Å². The minimum absolute atomic E-state index is 0.0667. The zero-order valence-electron chi connectivity index (χ0n) is 14.9. The van der Waals surface area contributed by atoms with E-state index >= 15 is 0 Å². The Balaban J connectivity index is 1.72. The summed E-state index contributed by atoms with van der Waals surface area (Å²) in [7, 11) is 0. The highest BCUT2D eigenvalue weighted by Crippen LogP contribution is 2.41. The number of nitrogens with one attached hydrogen (secondary N) is 1. The first-order valence-electron chi connectivity index (χ1n) is 9.04. The van der Waals surface area contributed by atoms with Gasteiger partial charge in [-0.1, -0.05) is 31.1 Å². The maximum atomic E-state index is 12.7. The van der Waals surface area contributed by atoms with E-state index in [1.807, 2.05) is 18.2 Å². The Morgan fingerprint density at radius 3 is 2.92 bits per heavy atom. The van der Waals surface area contributed by atoms with Crippen LogP contribution >= 0.6 is 11.3 Å². The third kappa shape index (κ3) is 4.12. The molecule has 0 spiro atoms. The number of amides is 1.